The topological polar surface area (TPSA) is 460 Å². The minimum atomic E-state index is -3.70. The maximum atomic E-state index is 13.3. The smallest absolute Gasteiger partial charge is 0.349 e. The van der Waals surface area contributed by atoms with Crippen molar-refractivity contribution in [2.75, 3.05) is 79.7 Å². The van der Waals surface area contributed by atoms with E-state index < -0.39 is 92.7 Å². The molecule has 496 valence electrons. The Labute approximate surface area is 520 Å². The van der Waals surface area contributed by atoms with Gasteiger partial charge in [-0.3, -0.25) is 38.1 Å². The third-order valence-corrected chi connectivity index (χ3v) is 18.4. The van der Waals surface area contributed by atoms with Gasteiger partial charge in [0.05, 0.1) is 71.2 Å². The summed E-state index contributed by atoms with van der Waals surface area (Å²) < 4.78 is 75.2. The number of esters is 1. The first-order valence-corrected chi connectivity index (χ1v) is 31.5. The molecular weight excluding hydrogens is 1240 g/mol. The number of nitrogens with one attached hydrogen (secondary N) is 2. The van der Waals surface area contributed by atoms with Gasteiger partial charge in [-0.1, -0.05) is 26.7 Å². The highest BCUT2D eigenvalue weighted by Crippen LogP contribution is 2.35. The normalized spacial score (nSPS) is 15.2. The maximum Gasteiger partial charge on any atom is 0.349 e. The van der Waals surface area contributed by atoms with Crippen molar-refractivity contribution >= 4 is 77.9 Å². The van der Waals surface area contributed by atoms with Gasteiger partial charge < -0.3 is 64.6 Å². The number of benzene rings is 2. The van der Waals surface area contributed by atoms with Crippen LogP contribution in [0.25, 0.3) is 44.8 Å². The van der Waals surface area contributed by atoms with Gasteiger partial charge in [-0.25, -0.2) is 36.4 Å². The highest BCUT2D eigenvalue weighted by molar-refractivity contribution is 7.89. The summed E-state index contributed by atoms with van der Waals surface area (Å²) in [6.45, 7) is 13.0. The van der Waals surface area contributed by atoms with Crippen LogP contribution in [0.1, 0.15) is 77.6 Å². The first-order valence-electron chi connectivity index (χ1n) is 28.7. The van der Waals surface area contributed by atoms with Gasteiger partial charge in [0.2, 0.25) is 25.6 Å². The first kappa shape index (κ1) is 71.3. The molecule has 6 aromatic rings. The fourth-order valence-corrected chi connectivity index (χ4v) is 12.9. The van der Waals surface area contributed by atoms with Gasteiger partial charge >= 0.3 is 35.8 Å². The molecule has 2 saturated heterocycles. The number of nitrogens with zero attached hydrogens (tertiary/aromatic N) is 10. The summed E-state index contributed by atoms with van der Waals surface area (Å²) in [6.07, 6.45) is -2.85. The largest absolute Gasteiger partial charge is 0.493 e. The van der Waals surface area contributed by atoms with Crippen LogP contribution < -0.4 is 20.6 Å². The molecule has 2 aliphatic rings. The van der Waals surface area contributed by atoms with E-state index in [2.05, 4.69) is 34.7 Å². The number of carboxylic acids is 5. The summed E-state index contributed by atoms with van der Waals surface area (Å²) in [5, 5.41) is 62.4. The van der Waals surface area contributed by atoms with Crippen molar-refractivity contribution in [1.29, 1.82) is 0 Å². The Kier molecular flexibility index (Phi) is 23.5. The van der Waals surface area contributed by atoms with Crippen molar-refractivity contribution in [2.24, 2.45) is 14.1 Å². The number of fused-ring (bicyclic) bond motifs is 2. The summed E-state index contributed by atoms with van der Waals surface area (Å²) >= 11 is 0. The molecule has 0 saturated carbocycles. The third kappa shape index (κ3) is 16.8. The molecule has 35 heteroatoms. The average Bonchev–Trinajstić information content (AvgIpc) is 1.77. The predicted molar refractivity (Wildman–Crippen MR) is 322 cm³/mol. The van der Waals surface area contributed by atoms with Gasteiger partial charge in [0.25, 0.3) is 11.1 Å². The molecule has 91 heavy (non-hydrogen) atoms. The number of aromatic amines is 2. The molecule has 2 fully saturated rings. The molecular formula is C56H74N12O21S2. The van der Waals surface area contributed by atoms with E-state index in [-0.39, 0.29) is 32.6 Å². The van der Waals surface area contributed by atoms with Crippen LogP contribution in [-0.2, 0) is 80.5 Å². The van der Waals surface area contributed by atoms with Crippen molar-refractivity contribution in [1.82, 2.24) is 57.9 Å². The van der Waals surface area contributed by atoms with Crippen molar-refractivity contribution < 1.29 is 90.5 Å². The minimum absolute atomic E-state index is 0.147. The second kappa shape index (κ2) is 29.9. The standard InChI is InChI=1S/2C22H30N6O4S.C12H14O13/c2*1-5-7-17-19-20(27(4)25-17)22(29)24-21(23-19)16-14-15(8-9-18(16)32-6-2)33(30,31)28-12-10-26(3)11-13-28;13-5(14)1-11(24,9(20)21)4-8(19)25-12(10(22)23,2-6(15)16)3-7(17)18/h2*8-9,14H,5-7,10-13H2,1-4H3,(H,23,24,29);24H,1-4H2,(H,13,14)(H,15,16)(H,17,18)(H,20,21)(H,22,23). The number of aromatic nitrogens is 8. The second-order valence-electron chi connectivity index (χ2n) is 21.5. The number of carboxylic acid groups (broad SMARTS) is 5. The quantitative estimate of drug-likeness (QED) is 0.0373. The van der Waals surface area contributed by atoms with E-state index in [0.29, 0.717) is 123 Å². The SMILES string of the molecule is CCCc1nn(C)c2c(=O)[nH]c(-c3cc(S(=O)(=O)N4CCN(C)CC4)ccc3OCC)nc12.CCCc1nn(C)c2c(=O)[nH]c(-c3cc(S(=O)(=O)N4CCN(C)CC4)ccc3OCC)nc12.O=C(O)CC(O)(CC(=O)OC(CC(=O)O)(CC(=O)O)C(=O)O)C(=O)O. The molecule has 6 heterocycles. The number of likely N-dealkylation sites (N-methyl/N-ethyl adjacent to an activating group) is 2. The van der Waals surface area contributed by atoms with E-state index >= 15 is 0 Å². The number of carbonyl (C=O) groups is 6. The van der Waals surface area contributed by atoms with Crippen molar-refractivity contribution in [3.63, 3.8) is 0 Å². The zero-order chi connectivity index (χ0) is 67.5. The number of aliphatic carboxylic acids is 5. The number of H-pyrrole nitrogens is 2. The molecule has 0 bridgehead atoms. The highest BCUT2D eigenvalue weighted by Gasteiger charge is 2.50. The lowest BCUT2D eigenvalue weighted by atomic mass is 9.93. The molecule has 0 amide bonds. The summed E-state index contributed by atoms with van der Waals surface area (Å²) in [5.41, 5.74) is -2.75. The minimum Gasteiger partial charge on any atom is -0.493 e. The average molecular weight is 1320 g/mol. The number of piperazine rings is 2. The lowest BCUT2D eigenvalue weighted by molar-refractivity contribution is -0.191. The molecule has 0 aliphatic carbocycles. The molecule has 0 radical (unpaired) electrons. The van der Waals surface area contributed by atoms with E-state index in [1.807, 2.05) is 41.8 Å². The lowest BCUT2D eigenvalue weighted by Crippen LogP contribution is -2.49. The summed E-state index contributed by atoms with van der Waals surface area (Å²) in [7, 11) is -0.0166. The zero-order valence-corrected chi connectivity index (χ0v) is 52.9. The van der Waals surface area contributed by atoms with Gasteiger partial charge in [-0.2, -0.15) is 18.8 Å². The molecule has 1 unspecified atom stereocenters. The Morgan fingerprint density at radius 1 is 0.549 bits per heavy atom. The molecule has 33 nitrogen and oxygen atoms in total. The first-order chi connectivity index (χ1) is 42.7. The third-order valence-electron chi connectivity index (χ3n) is 14.6. The molecule has 1 atom stereocenters. The number of ether oxygens (including phenoxy) is 3. The van der Waals surface area contributed by atoms with Gasteiger partial charge in [0, 0.05) is 66.5 Å². The Hall–Kier alpha value is -8.74. The van der Waals surface area contributed by atoms with Crippen molar-refractivity contribution in [3.8, 4) is 34.3 Å². The number of hydrogen-bond donors (Lipinski definition) is 8. The molecule has 8 N–H and O–H groups in total. The Balaban J connectivity index is 0.000000220. The van der Waals surface area contributed by atoms with Gasteiger partial charge in [-0.15, -0.1) is 0 Å². The van der Waals surface area contributed by atoms with Gasteiger partial charge in [-0.05, 0) is 77.2 Å². The van der Waals surface area contributed by atoms with E-state index in [1.165, 1.54) is 18.0 Å². The van der Waals surface area contributed by atoms with Crippen LogP contribution in [-0.4, -0.2) is 232 Å². The molecule has 0 spiro atoms. The van der Waals surface area contributed by atoms with Crippen LogP contribution in [0.3, 0.4) is 0 Å². The predicted octanol–water partition coefficient (Wildman–Crippen LogP) is 1.20. The summed E-state index contributed by atoms with van der Waals surface area (Å²) in [6, 6.07) is 9.43. The number of rotatable bonds is 25. The Morgan fingerprint density at radius 2 is 0.923 bits per heavy atom. The molecule has 4 aromatic heterocycles. The number of hydrogen-bond acceptors (Lipinski definition) is 22. The van der Waals surface area contributed by atoms with Crippen LogP contribution >= 0.6 is 0 Å². The maximum absolute atomic E-state index is 13.3. The fourth-order valence-electron chi connectivity index (χ4n) is 9.96. The van der Waals surface area contributed by atoms with Crippen LogP contribution in [0.4, 0.5) is 0 Å². The molecule has 2 aliphatic heterocycles. The van der Waals surface area contributed by atoms with Crippen molar-refractivity contribution in [2.45, 2.75) is 100 Å². The molecule has 8 rings (SSSR count). The Morgan fingerprint density at radius 3 is 1.24 bits per heavy atom. The van der Waals surface area contributed by atoms with Crippen LogP contribution in [0, 0.1) is 0 Å². The number of aliphatic hydroxyl groups is 1. The number of aryl methyl sites for hydroxylation is 4. The van der Waals surface area contributed by atoms with Crippen LogP contribution in [0.2, 0.25) is 0 Å². The Bertz CT molecular complexity index is 3830. The second-order valence-corrected chi connectivity index (χ2v) is 25.3. The van der Waals surface area contributed by atoms with E-state index in [0.717, 1.165) is 24.2 Å². The van der Waals surface area contributed by atoms with Gasteiger partial charge in [0.1, 0.15) is 34.2 Å². The summed E-state index contributed by atoms with van der Waals surface area (Å²) in [4.78, 5) is 111. The lowest BCUT2D eigenvalue weighted by Gasteiger charge is -2.31. The van der Waals surface area contributed by atoms with E-state index in [4.69, 9.17) is 45.0 Å². The zero-order valence-electron chi connectivity index (χ0n) is 51.3. The van der Waals surface area contributed by atoms with Crippen molar-refractivity contribution in [3.05, 3.63) is 68.5 Å². The van der Waals surface area contributed by atoms with Gasteiger partial charge in [0.15, 0.2) is 16.6 Å². The van der Waals surface area contributed by atoms with E-state index in [9.17, 15) is 60.3 Å². The monoisotopic (exact) mass is 1310 g/mol. The molecule has 2 aromatic carbocycles. The number of sulfonamides is 2. The summed E-state index contributed by atoms with van der Waals surface area (Å²) in [5.74, 6) is -10.1. The fraction of sp³-hybridized carbons (Fsp3) is 0.500. The van der Waals surface area contributed by atoms with E-state index in [1.54, 1.807) is 50.5 Å². The highest BCUT2D eigenvalue weighted by atomic mass is 32.2. The van der Waals surface area contributed by atoms with Crippen LogP contribution in [0.5, 0.6) is 11.5 Å². The number of carbonyl (C=O) groups excluding carboxylic acids is 1. The van der Waals surface area contributed by atoms with Crippen LogP contribution in [0.15, 0.2) is 55.8 Å².